The summed E-state index contributed by atoms with van der Waals surface area (Å²) in [6.45, 7) is 0. The molecule has 0 amide bonds. The van der Waals surface area contributed by atoms with Crippen LogP contribution in [0.3, 0.4) is 0 Å². The van der Waals surface area contributed by atoms with Crippen LogP contribution in [-0.4, -0.2) is 26.4 Å². The summed E-state index contributed by atoms with van der Waals surface area (Å²) in [5.41, 5.74) is 1.78. The Morgan fingerprint density at radius 1 is 1.41 bits per heavy atom. The maximum Gasteiger partial charge on any atom is 0.172 e. The van der Waals surface area contributed by atoms with E-state index in [1.165, 1.54) is 0 Å². The number of hydrogen-bond donors (Lipinski definition) is 1. The van der Waals surface area contributed by atoms with Crippen molar-refractivity contribution in [2.45, 2.75) is 18.9 Å². The SMILES string of the molecule is O=Cc1nnn(C2CC2)c1-c1cccc(O)c1. The van der Waals surface area contributed by atoms with Gasteiger partial charge in [0.15, 0.2) is 12.0 Å². The number of nitrogens with zero attached hydrogens (tertiary/aromatic N) is 3. The first-order chi connectivity index (χ1) is 8.29. The Balaban J connectivity index is 2.17. The molecule has 0 aliphatic heterocycles. The second kappa shape index (κ2) is 3.69. The van der Waals surface area contributed by atoms with Gasteiger partial charge in [0.1, 0.15) is 5.75 Å². The summed E-state index contributed by atoms with van der Waals surface area (Å²) in [4.78, 5) is 11.0. The maximum absolute atomic E-state index is 11.0. The molecule has 1 aliphatic carbocycles. The molecule has 1 heterocycles. The third-order valence-corrected chi connectivity index (χ3v) is 2.84. The monoisotopic (exact) mass is 229 g/mol. The van der Waals surface area contributed by atoms with Gasteiger partial charge in [-0.2, -0.15) is 0 Å². The molecule has 1 saturated carbocycles. The molecule has 1 aromatic carbocycles. The minimum Gasteiger partial charge on any atom is -0.508 e. The van der Waals surface area contributed by atoms with E-state index in [-0.39, 0.29) is 5.75 Å². The van der Waals surface area contributed by atoms with E-state index in [4.69, 9.17) is 0 Å². The van der Waals surface area contributed by atoms with E-state index in [1.54, 1.807) is 22.9 Å². The summed E-state index contributed by atoms with van der Waals surface area (Å²) in [7, 11) is 0. The van der Waals surface area contributed by atoms with E-state index < -0.39 is 0 Å². The fraction of sp³-hybridized carbons (Fsp3) is 0.250. The highest BCUT2D eigenvalue weighted by atomic mass is 16.3. The van der Waals surface area contributed by atoms with Gasteiger partial charge in [-0.15, -0.1) is 5.10 Å². The molecular formula is C12H11N3O2. The van der Waals surface area contributed by atoms with Crippen LogP contribution in [0.2, 0.25) is 0 Å². The lowest BCUT2D eigenvalue weighted by molar-refractivity contribution is 0.111. The lowest BCUT2D eigenvalue weighted by Gasteiger charge is -2.05. The van der Waals surface area contributed by atoms with Crippen molar-refractivity contribution in [1.29, 1.82) is 0 Å². The number of aldehydes is 1. The van der Waals surface area contributed by atoms with Crippen molar-refractivity contribution in [3.05, 3.63) is 30.0 Å². The highest BCUT2D eigenvalue weighted by Gasteiger charge is 2.29. The Labute approximate surface area is 97.7 Å². The normalized spacial score (nSPS) is 14.8. The van der Waals surface area contributed by atoms with Crippen LogP contribution in [-0.2, 0) is 0 Å². The minimum absolute atomic E-state index is 0.169. The molecule has 0 radical (unpaired) electrons. The molecule has 1 aromatic heterocycles. The van der Waals surface area contributed by atoms with Gasteiger partial charge in [-0.3, -0.25) is 4.79 Å². The number of phenolic OH excluding ortho intramolecular Hbond substituents is 1. The molecule has 1 aliphatic rings. The summed E-state index contributed by atoms with van der Waals surface area (Å²) in [6.07, 6.45) is 2.83. The molecule has 0 spiro atoms. The highest BCUT2D eigenvalue weighted by Crippen LogP contribution is 2.38. The number of carbonyl (C=O) groups is 1. The van der Waals surface area contributed by atoms with Crippen molar-refractivity contribution in [2.75, 3.05) is 0 Å². The van der Waals surface area contributed by atoms with Crippen LogP contribution < -0.4 is 0 Å². The summed E-state index contributed by atoms with van der Waals surface area (Å²) in [5.74, 6) is 0.169. The summed E-state index contributed by atoms with van der Waals surface area (Å²) in [6, 6.07) is 7.13. The van der Waals surface area contributed by atoms with Crippen LogP contribution in [0.5, 0.6) is 5.75 Å². The van der Waals surface area contributed by atoms with Gasteiger partial charge in [0, 0.05) is 5.56 Å². The Morgan fingerprint density at radius 2 is 2.24 bits per heavy atom. The van der Waals surface area contributed by atoms with Gasteiger partial charge >= 0.3 is 0 Å². The van der Waals surface area contributed by atoms with Crippen LogP contribution in [0.4, 0.5) is 0 Å². The van der Waals surface area contributed by atoms with Crippen LogP contribution in [0, 0.1) is 0 Å². The van der Waals surface area contributed by atoms with E-state index in [2.05, 4.69) is 10.3 Å². The predicted octanol–water partition coefficient (Wildman–Crippen LogP) is 1.80. The van der Waals surface area contributed by atoms with Crippen molar-refractivity contribution >= 4 is 6.29 Å². The van der Waals surface area contributed by atoms with E-state index in [0.717, 1.165) is 18.4 Å². The molecule has 17 heavy (non-hydrogen) atoms. The number of carbonyl (C=O) groups excluding carboxylic acids is 1. The average molecular weight is 229 g/mol. The quantitative estimate of drug-likeness (QED) is 0.815. The average Bonchev–Trinajstić information content (AvgIpc) is 3.08. The maximum atomic E-state index is 11.0. The molecular weight excluding hydrogens is 218 g/mol. The standard InChI is InChI=1S/C12H11N3O2/c16-7-11-12(8-2-1-3-10(17)6-8)15(14-13-11)9-4-5-9/h1-3,6-7,9,17H,4-5H2. The predicted molar refractivity (Wildman–Crippen MR) is 60.8 cm³/mol. The number of aromatic hydroxyl groups is 1. The summed E-state index contributed by atoms with van der Waals surface area (Å²) in [5, 5.41) is 17.4. The number of rotatable bonds is 3. The molecule has 5 nitrogen and oxygen atoms in total. The van der Waals surface area contributed by atoms with Gasteiger partial charge in [0.05, 0.1) is 11.7 Å². The van der Waals surface area contributed by atoms with Gasteiger partial charge in [0.2, 0.25) is 0 Å². The Morgan fingerprint density at radius 3 is 2.88 bits per heavy atom. The van der Waals surface area contributed by atoms with Gasteiger partial charge in [0.25, 0.3) is 0 Å². The fourth-order valence-corrected chi connectivity index (χ4v) is 1.89. The van der Waals surface area contributed by atoms with Gasteiger partial charge in [-0.25, -0.2) is 4.68 Å². The van der Waals surface area contributed by atoms with Gasteiger partial charge in [-0.05, 0) is 25.0 Å². The molecule has 0 unspecified atom stereocenters. The van der Waals surface area contributed by atoms with Gasteiger partial charge in [-0.1, -0.05) is 17.3 Å². The first-order valence-corrected chi connectivity index (χ1v) is 5.49. The molecule has 2 aromatic rings. The molecule has 5 heteroatoms. The van der Waals surface area contributed by atoms with Crippen LogP contribution in [0.1, 0.15) is 29.4 Å². The van der Waals surface area contributed by atoms with Crippen molar-refractivity contribution in [3.8, 4) is 17.0 Å². The van der Waals surface area contributed by atoms with Crippen molar-refractivity contribution in [1.82, 2.24) is 15.0 Å². The Bertz CT molecular complexity index is 573. The topological polar surface area (TPSA) is 68.0 Å². The van der Waals surface area contributed by atoms with E-state index in [1.807, 2.05) is 6.07 Å². The van der Waals surface area contributed by atoms with E-state index >= 15 is 0 Å². The lowest BCUT2D eigenvalue weighted by Crippen LogP contribution is -1.99. The number of aromatic nitrogens is 3. The van der Waals surface area contributed by atoms with E-state index in [9.17, 15) is 9.90 Å². The Hall–Kier alpha value is -2.17. The molecule has 1 fully saturated rings. The second-order valence-corrected chi connectivity index (χ2v) is 4.17. The first kappa shape index (κ1) is 10.0. The number of phenols is 1. The molecule has 1 N–H and O–H groups in total. The summed E-state index contributed by atoms with van der Waals surface area (Å²) >= 11 is 0. The number of benzene rings is 1. The van der Waals surface area contributed by atoms with Crippen LogP contribution in [0.25, 0.3) is 11.3 Å². The molecule has 3 rings (SSSR count). The highest BCUT2D eigenvalue weighted by molar-refractivity contribution is 5.83. The zero-order chi connectivity index (χ0) is 11.8. The third-order valence-electron chi connectivity index (χ3n) is 2.84. The van der Waals surface area contributed by atoms with Crippen LogP contribution in [0.15, 0.2) is 24.3 Å². The van der Waals surface area contributed by atoms with Crippen molar-refractivity contribution in [2.24, 2.45) is 0 Å². The van der Waals surface area contributed by atoms with Gasteiger partial charge < -0.3 is 5.11 Å². The zero-order valence-electron chi connectivity index (χ0n) is 9.08. The largest absolute Gasteiger partial charge is 0.508 e. The Kier molecular flexibility index (Phi) is 2.18. The lowest BCUT2D eigenvalue weighted by atomic mass is 10.1. The van der Waals surface area contributed by atoms with E-state index in [0.29, 0.717) is 23.7 Å². The van der Waals surface area contributed by atoms with Crippen molar-refractivity contribution < 1.29 is 9.90 Å². The molecule has 0 bridgehead atoms. The summed E-state index contributed by atoms with van der Waals surface area (Å²) < 4.78 is 1.78. The second-order valence-electron chi connectivity index (χ2n) is 4.17. The van der Waals surface area contributed by atoms with Crippen LogP contribution >= 0.6 is 0 Å². The first-order valence-electron chi connectivity index (χ1n) is 5.49. The smallest absolute Gasteiger partial charge is 0.172 e. The molecule has 0 atom stereocenters. The van der Waals surface area contributed by atoms with Crippen molar-refractivity contribution in [3.63, 3.8) is 0 Å². The molecule has 0 saturated heterocycles. The third kappa shape index (κ3) is 1.69. The fourth-order valence-electron chi connectivity index (χ4n) is 1.89. The molecule has 86 valence electrons. The number of hydrogen-bond acceptors (Lipinski definition) is 4. The minimum atomic E-state index is 0.169. The zero-order valence-corrected chi connectivity index (χ0v) is 9.08.